The fourth-order valence-electron chi connectivity index (χ4n) is 4.31. The summed E-state index contributed by atoms with van der Waals surface area (Å²) in [6, 6.07) is 0. The lowest BCUT2D eigenvalue weighted by molar-refractivity contribution is 0.392. The van der Waals surface area contributed by atoms with Gasteiger partial charge in [-0.05, 0) is 69.6 Å². The Labute approximate surface area is 94.1 Å². The first-order chi connectivity index (χ1) is 7.45. The van der Waals surface area contributed by atoms with Gasteiger partial charge in [-0.15, -0.1) is 0 Å². The Morgan fingerprint density at radius 3 is 2.13 bits per heavy atom. The van der Waals surface area contributed by atoms with Gasteiger partial charge in [-0.1, -0.05) is 24.0 Å². The van der Waals surface area contributed by atoms with Crippen LogP contribution in [0.1, 0.15) is 70.6 Å². The molecule has 0 saturated heterocycles. The third-order valence-electron chi connectivity index (χ3n) is 5.04. The molecule has 0 aromatic carbocycles. The van der Waals surface area contributed by atoms with Crippen LogP contribution >= 0.6 is 0 Å². The molecule has 1 unspecified atom stereocenters. The van der Waals surface area contributed by atoms with Crippen molar-refractivity contribution in [2.24, 2.45) is 11.8 Å². The highest BCUT2D eigenvalue weighted by molar-refractivity contribution is 5.23. The standard InChI is InChI=1S/C15H24/c1-2-7-12(6-1)14-10-5-11-15(14)13-8-3-4-9-13/h12,14H,1-11H2. The fraction of sp³-hybridized carbons (Fsp3) is 0.867. The van der Waals surface area contributed by atoms with Crippen molar-refractivity contribution in [3.05, 3.63) is 11.1 Å². The van der Waals surface area contributed by atoms with Crippen LogP contribution in [0.15, 0.2) is 11.1 Å². The highest BCUT2D eigenvalue weighted by Gasteiger charge is 2.32. The second-order valence-electron chi connectivity index (χ2n) is 5.88. The highest BCUT2D eigenvalue weighted by Crippen LogP contribution is 2.46. The number of allylic oxidation sites excluding steroid dienone is 2. The highest BCUT2D eigenvalue weighted by atomic mass is 14.4. The largest absolute Gasteiger partial charge is 0.0707 e. The van der Waals surface area contributed by atoms with Gasteiger partial charge < -0.3 is 0 Å². The SMILES string of the molecule is C1CCC(=C2CCCC2C2CCCC2)C1. The molecule has 0 nitrogen and oxygen atoms in total. The van der Waals surface area contributed by atoms with E-state index in [4.69, 9.17) is 0 Å². The Balaban J connectivity index is 1.78. The summed E-state index contributed by atoms with van der Waals surface area (Å²) in [4.78, 5) is 0. The predicted octanol–water partition coefficient (Wildman–Crippen LogP) is 4.85. The first-order valence-corrected chi connectivity index (χ1v) is 7.16. The third kappa shape index (κ3) is 1.88. The van der Waals surface area contributed by atoms with Gasteiger partial charge >= 0.3 is 0 Å². The molecule has 0 aromatic heterocycles. The van der Waals surface area contributed by atoms with Crippen LogP contribution in [-0.4, -0.2) is 0 Å². The van der Waals surface area contributed by atoms with Gasteiger partial charge in [-0.2, -0.15) is 0 Å². The molecule has 0 amide bonds. The summed E-state index contributed by atoms with van der Waals surface area (Å²) in [5, 5.41) is 0. The molecular weight excluding hydrogens is 180 g/mol. The van der Waals surface area contributed by atoms with E-state index in [0.717, 1.165) is 11.8 Å². The van der Waals surface area contributed by atoms with Gasteiger partial charge in [0.1, 0.15) is 0 Å². The average molecular weight is 204 g/mol. The first-order valence-electron chi connectivity index (χ1n) is 7.16. The van der Waals surface area contributed by atoms with E-state index in [0.29, 0.717) is 0 Å². The summed E-state index contributed by atoms with van der Waals surface area (Å²) < 4.78 is 0. The van der Waals surface area contributed by atoms with E-state index in [1.165, 1.54) is 57.8 Å². The Bertz CT molecular complexity index is 247. The zero-order valence-corrected chi connectivity index (χ0v) is 9.93. The molecule has 0 aromatic rings. The van der Waals surface area contributed by atoms with Crippen LogP contribution in [0, 0.1) is 11.8 Å². The van der Waals surface area contributed by atoms with Crippen molar-refractivity contribution in [3.8, 4) is 0 Å². The molecule has 3 aliphatic rings. The summed E-state index contributed by atoms with van der Waals surface area (Å²) in [5.74, 6) is 2.14. The molecule has 0 heteroatoms. The lowest BCUT2D eigenvalue weighted by atomic mass is 9.84. The van der Waals surface area contributed by atoms with E-state index in [9.17, 15) is 0 Å². The minimum absolute atomic E-state index is 1.04. The monoisotopic (exact) mass is 204 g/mol. The van der Waals surface area contributed by atoms with Gasteiger partial charge in [-0.3, -0.25) is 0 Å². The van der Waals surface area contributed by atoms with Gasteiger partial charge in [0.2, 0.25) is 0 Å². The molecule has 0 aliphatic heterocycles. The van der Waals surface area contributed by atoms with E-state index in [1.807, 2.05) is 11.1 Å². The zero-order valence-electron chi connectivity index (χ0n) is 9.93. The van der Waals surface area contributed by atoms with Crippen molar-refractivity contribution in [2.75, 3.05) is 0 Å². The van der Waals surface area contributed by atoms with Gasteiger partial charge in [0.05, 0.1) is 0 Å². The maximum atomic E-state index is 1.96. The summed E-state index contributed by atoms with van der Waals surface area (Å²) in [7, 11) is 0. The molecule has 3 fully saturated rings. The van der Waals surface area contributed by atoms with Gasteiger partial charge in [0.15, 0.2) is 0 Å². The number of hydrogen-bond donors (Lipinski definition) is 0. The summed E-state index contributed by atoms with van der Waals surface area (Å²) in [5.41, 5.74) is 3.86. The van der Waals surface area contributed by atoms with Crippen LogP contribution in [0.4, 0.5) is 0 Å². The van der Waals surface area contributed by atoms with E-state index >= 15 is 0 Å². The quantitative estimate of drug-likeness (QED) is 0.536. The first kappa shape index (κ1) is 9.93. The summed E-state index contributed by atoms with van der Waals surface area (Å²) in [6.07, 6.45) is 16.5. The molecule has 3 aliphatic carbocycles. The van der Waals surface area contributed by atoms with E-state index in [1.54, 1.807) is 12.8 Å². The second kappa shape index (κ2) is 4.31. The normalized spacial score (nSPS) is 33.2. The Hall–Kier alpha value is -0.260. The predicted molar refractivity (Wildman–Crippen MR) is 64.8 cm³/mol. The van der Waals surface area contributed by atoms with E-state index < -0.39 is 0 Å². The Kier molecular flexibility index (Phi) is 2.86. The van der Waals surface area contributed by atoms with Gasteiger partial charge in [-0.25, -0.2) is 0 Å². The zero-order chi connectivity index (χ0) is 10.1. The molecule has 1 atom stereocenters. The van der Waals surface area contributed by atoms with Gasteiger partial charge in [0, 0.05) is 0 Å². The van der Waals surface area contributed by atoms with Crippen molar-refractivity contribution in [1.29, 1.82) is 0 Å². The van der Waals surface area contributed by atoms with Crippen molar-refractivity contribution < 1.29 is 0 Å². The smallest absolute Gasteiger partial charge is 0.0172 e. The van der Waals surface area contributed by atoms with E-state index in [-0.39, 0.29) is 0 Å². The summed E-state index contributed by atoms with van der Waals surface area (Å²) in [6.45, 7) is 0. The Morgan fingerprint density at radius 2 is 1.40 bits per heavy atom. The van der Waals surface area contributed by atoms with Crippen molar-refractivity contribution in [2.45, 2.75) is 70.6 Å². The molecule has 0 heterocycles. The molecule has 0 spiro atoms. The minimum atomic E-state index is 1.04. The Morgan fingerprint density at radius 1 is 0.667 bits per heavy atom. The maximum Gasteiger partial charge on any atom is -0.0172 e. The lowest BCUT2D eigenvalue weighted by Gasteiger charge is -2.21. The molecule has 3 saturated carbocycles. The van der Waals surface area contributed by atoms with Crippen molar-refractivity contribution in [1.82, 2.24) is 0 Å². The van der Waals surface area contributed by atoms with Crippen LogP contribution < -0.4 is 0 Å². The van der Waals surface area contributed by atoms with Crippen LogP contribution in [0.5, 0.6) is 0 Å². The van der Waals surface area contributed by atoms with Crippen LogP contribution in [0.2, 0.25) is 0 Å². The van der Waals surface area contributed by atoms with Crippen LogP contribution in [0.25, 0.3) is 0 Å². The van der Waals surface area contributed by atoms with Crippen molar-refractivity contribution >= 4 is 0 Å². The molecule has 15 heavy (non-hydrogen) atoms. The van der Waals surface area contributed by atoms with Crippen LogP contribution in [0.3, 0.4) is 0 Å². The van der Waals surface area contributed by atoms with Crippen LogP contribution in [-0.2, 0) is 0 Å². The molecule has 84 valence electrons. The topological polar surface area (TPSA) is 0 Å². The fourth-order valence-corrected chi connectivity index (χ4v) is 4.31. The maximum absolute atomic E-state index is 1.96. The number of rotatable bonds is 1. The lowest BCUT2D eigenvalue weighted by Crippen LogP contribution is -2.10. The minimum Gasteiger partial charge on any atom is -0.0707 e. The van der Waals surface area contributed by atoms with E-state index in [2.05, 4.69) is 0 Å². The molecule has 3 rings (SSSR count). The molecular formula is C15H24. The van der Waals surface area contributed by atoms with Gasteiger partial charge in [0.25, 0.3) is 0 Å². The summed E-state index contributed by atoms with van der Waals surface area (Å²) >= 11 is 0. The van der Waals surface area contributed by atoms with Crippen molar-refractivity contribution in [3.63, 3.8) is 0 Å². The number of hydrogen-bond acceptors (Lipinski definition) is 0. The molecule has 0 radical (unpaired) electrons. The third-order valence-corrected chi connectivity index (χ3v) is 5.04. The second-order valence-corrected chi connectivity index (χ2v) is 5.88. The molecule has 0 bridgehead atoms. The average Bonchev–Trinajstić information content (AvgIpc) is 3.01. The molecule has 0 N–H and O–H groups in total.